The van der Waals surface area contributed by atoms with Gasteiger partial charge in [-0.25, -0.2) is 8.42 Å². The molecule has 2 aromatic carbocycles. The van der Waals surface area contributed by atoms with Gasteiger partial charge in [0, 0.05) is 13.0 Å². The van der Waals surface area contributed by atoms with Gasteiger partial charge in [-0.05, 0) is 37.3 Å². The van der Waals surface area contributed by atoms with Crippen LogP contribution < -0.4 is 13.9 Å². The van der Waals surface area contributed by atoms with Crippen LogP contribution in [0.1, 0.15) is 25.6 Å². The van der Waals surface area contributed by atoms with Crippen molar-refractivity contribution in [1.29, 1.82) is 0 Å². The number of carbonyl (C=O) groups excluding carboxylic acids is 1. The summed E-state index contributed by atoms with van der Waals surface area (Å²) in [6, 6.07) is 13.4. The Morgan fingerprint density at radius 1 is 1.13 bits per heavy atom. The highest BCUT2D eigenvalue weighted by Crippen LogP contribution is 2.36. The average molecular weight is 442 g/mol. The van der Waals surface area contributed by atoms with Crippen molar-refractivity contribution < 1.29 is 22.5 Å². The third kappa shape index (κ3) is 3.98. The molecule has 3 aromatic rings. The molecule has 0 saturated heterocycles. The fourth-order valence-corrected chi connectivity index (χ4v) is 4.86. The number of hydrogen-bond acceptors (Lipinski definition) is 7. The van der Waals surface area contributed by atoms with Crippen molar-refractivity contribution in [3.05, 3.63) is 60.2 Å². The van der Waals surface area contributed by atoms with Crippen LogP contribution in [0, 0.1) is 0 Å². The van der Waals surface area contributed by atoms with E-state index in [2.05, 4.69) is 10.1 Å². The Bertz CT molecular complexity index is 1190. The van der Waals surface area contributed by atoms with E-state index >= 15 is 0 Å². The van der Waals surface area contributed by atoms with E-state index in [0.717, 1.165) is 0 Å². The molecule has 10 heteroatoms. The number of aryl methyl sites for hydroxylation is 1. The van der Waals surface area contributed by atoms with Crippen LogP contribution in [-0.2, 0) is 27.8 Å². The minimum Gasteiger partial charge on any atom is -0.482 e. The van der Waals surface area contributed by atoms with Gasteiger partial charge in [0.2, 0.25) is 5.89 Å². The Kier molecular flexibility index (Phi) is 5.64. The average Bonchev–Trinajstić information content (AvgIpc) is 3.24. The van der Waals surface area contributed by atoms with E-state index in [1.807, 2.05) is 13.0 Å². The van der Waals surface area contributed by atoms with Gasteiger partial charge >= 0.3 is 0 Å². The van der Waals surface area contributed by atoms with Crippen molar-refractivity contribution in [3.63, 3.8) is 0 Å². The lowest BCUT2D eigenvalue weighted by Crippen LogP contribution is -2.39. The standard InChI is InChI=1S/C21H22N4O5S/c1-3-20-22-19(23-30-20)13-24-17-12-16(10-11-18(17)29-14-21(24)26)31(27,28)25(4-2)15-8-6-5-7-9-15/h5-12H,3-4,13-14H2,1-2H3. The Balaban J connectivity index is 1.72. The van der Waals surface area contributed by atoms with Gasteiger partial charge in [0.05, 0.1) is 22.8 Å². The summed E-state index contributed by atoms with van der Waals surface area (Å²) in [5.74, 6) is 0.903. The first-order chi connectivity index (χ1) is 14.9. The zero-order valence-electron chi connectivity index (χ0n) is 17.2. The first kappa shape index (κ1) is 20.9. The van der Waals surface area contributed by atoms with Crippen LogP contribution in [0.25, 0.3) is 0 Å². The van der Waals surface area contributed by atoms with Gasteiger partial charge in [-0.1, -0.05) is 30.3 Å². The number of amides is 1. The highest BCUT2D eigenvalue weighted by Gasteiger charge is 2.31. The molecule has 0 spiro atoms. The van der Waals surface area contributed by atoms with Gasteiger partial charge in [-0.2, -0.15) is 4.98 Å². The number of anilines is 2. The third-order valence-electron chi connectivity index (χ3n) is 4.90. The minimum absolute atomic E-state index is 0.0539. The molecule has 0 atom stereocenters. The number of fused-ring (bicyclic) bond motifs is 1. The molecule has 9 nitrogen and oxygen atoms in total. The highest BCUT2D eigenvalue weighted by molar-refractivity contribution is 7.92. The number of ether oxygens (including phenoxy) is 1. The van der Waals surface area contributed by atoms with Gasteiger partial charge < -0.3 is 9.26 Å². The fraction of sp³-hybridized carbons (Fsp3) is 0.286. The number of para-hydroxylation sites is 1. The summed E-state index contributed by atoms with van der Waals surface area (Å²) in [7, 11) is -3.86. The van der Waals surface area contributed by atoms with Crippen molar-refractivity contribution in [2.24, 2.45) is 0 Å². The first-order valence-electron chi connectivity index (χ1n) is 9.90. The lowest BCUT2D eigenvalue weighted by atomic mass is 10.2. The van der Waals surface area contributed by atoms with Gasteiger partial charge in [0.1, 0.15) is 5.75 Å². The summed E-state index contributed by atoms with van der Waals surface area (Å²) in [5, 5.41) is 3.89. The van der Waals surface area contributed by atoms with Gasteiger partial charge in [0.25, 0.3) is 15.9 Å². The lowest BCUT2D eigenvalue weighted by molar-refractivity contribution is -0.121. The number of carbonyl (C=O) groups is 1. The Labute approximate surface area is 180 Å². The Morgan fingerprint density at radius 2 is 1.90 bits per heavy atom. The van der Waals surface area contributed by atoms with Crippen molar-refractivity contribution in [2.45, 2.75) is 31.7 Å². The molecule has 0 fully saturated rings. The monoisotopic (exact) mass is 442 g/mol. The molecule has 0 N–H and O–H groups in total. The number of rotatable bonds is 7. The van der Waals surface area contributed by atoms with E-state index in [0.29, 0.717) is 35.3 Å². The lowest BCUT2D eigenvalue weighted by Gasteiger charge is -2.29. The molecule has 1 aliphatic heterocycles. The summed E-state index contributed by atoms with van der Waals surface area (Å²) in [5.41, 5.74) is 0.912. The van der Waals surface area contributed by atoms with Crippen LogP contribution in [0.5, 0.6) is 5.75 Å². The first-order valence-corrected chi connectivity index (χ1v) is 11.3. The number of sulfonamides is 1. The normalized spacial score (nSPS) is 13.6. The molecule has 0 aliphatic carbocycles. The molecular formula is C21H22N4O5S. The van der Waals surface area contributed by atoms with Crippen molar-refractivity contribution in [3.8, 4) is 5.75 Å². The molecule has 1 amide bonds. The molecule has 1 aromatic heterocycles. The SMILES string of the molecule is CCc1nc(CN2C(=O)COc3ccc(S(=O)(=O)N(CC)c4ccccc4)cc32)no1. The molecule has 1 aliphatic rings. The predicted molar refractivity (Wildman–Crippen MR) is 113 cm³/mol. The fourth-order valence-electron chi connectivity index (χ4n) is 3.37. The number of benzene rings is 2. The maximum absolute atomic E-state index is 13.4. The molecule has 0 bridgehead atoms. The quantitative estimate of drug-likeness (QED) is 0.554. The summed E-state index contributed by atoms with van der Waals surface area (Å²) in [4.78, 5) is 18.3. The summed E-state index contributed by atoms with van der Waals surface area (Å²) >= 11 is 0. The molecule has 0 saturated carbocycles. The van der Waals surface area contributed by atoms with Crippen LogP contribution >= 0.6 is 0 Å². The van der Waals surface area contributed by atoms with Gasteiger partial charge in [-0.15, -0.1) is 0 Å². The third-order valence-corrected chi connectivity index (χ3v) is 6.80. The van der Waals surface area contributed by atoms with Crippen LogP contribution in [-0.4, -0.2) is 37.6 Å². The zero-order valence-corrected chi connectivity index (χ0v) is 18.0. The van der Waals surface area contributed by atoms with Crippen LogP contribution in [0.4, 0.5) is 11.4 Å². The van der Waals surface area contributed by atoms with Crippen LogP contribution in [0.15, 0.2) is 57.9 Å². The van der Waals surface area contributed by atoms with Crippen molar-refractivity contribution in [1.82, 2.24) is 10.1 Å². The van der Waals surface area contributed by atoms with E-state index in [9.17, 15) is 13.2 Å². The van der Waals surface area contributed by atoms with E-state index in [-0.39, 0.29) is 30.5 Å². The largest absolute Gasteiger partial charge is 0.482 e. The predicted octanol–water partition coefficient (Wildman–Crippen LogP) is 2.77. The second kappa shape index (κ2) is 8.38. The number of aromatic nitrogens is 2. The maximum atomic E-state index is 13.4. The molecule has 31 heavy (non-hydrogen) atoms. The Hall–Kier alpha value is -3.40. The van der Waals surface area contributed by atoms with E-state index in [1.54, 1.807) is 37.3 Å². The minimum atomic E-state index is -3.86. The second-order valence-electron chi connectivity index (χ2n) is 6.86. The van der Waals surface area contributed by atoms with Crippen LogP contribution in [0.2, 0.25) is 0 Å². The molecule has 0 radical (unpaired) electrons. The van der Waals surface area contributed by atoms with Crippen LogP contribution in [0.3, 0.4) is 0 Å². The van der Waals surface area contributed by atoms with Gasteiger partial charge in [0.15, 0.2) is 12.4 Å². The molecule has 2 heterocycles. The number of nitrogens with zero attached hydrogens (tertiary/aromatic N) is 4. The molecule has 162 valence electrons. The van der Waals surface area contributed by atoms with E-state index < -0.39 is 10.0 Å². The van der Waals surface area contributed by atoms with Gasteiger partial charge in [-0.3, -0.25) is 14.0 Å². The molecule has 4 rings (SSSR count). The van der Waals surface area contributed by atoms with Crippen molar-refractivity contribution >= 4 is 27.3 Å². The zero-order chi connectivity index (χ0) is 22.0. The summed E-state index contributed by atoms with van der Waals surface area (Å²) in [6.07, 6.45) is 0.579. The Morgan fingerprint density at radius 3 is 2.58 bits per heavy atom. The molecular weight excluding hydrogens is 420 g/mol. The molecule has 0 unspecified atom stereocenters. The second-order valence-corrected chi connectivity index (χ2v) is 8.72. The number of hydrogen-bond donors (Lipinski definition) is 0. The summed E-state index contributed by atoms with van der Waals surface area (Å²) < 4.78 is 38.7. The van der Waals surface area contributed by atoms with E-state index in [4.69, 9.17) is 9.26 Å². The highest BCUT2D eigenvalue weighted by atomic mass is 32.2. The van der Waals surface area contributed by atoms with E-state index in [1.165, 1.54) is 21.3 Å². The van der Waals surface area contributed by atoms with Crippen molar-refractivity contribution in [2.75, 3.05) is 22.4 Å². The maximum Gasteiger partial charge on any atom is 0.265 e. The summed E-state index contributed by atoms with van der Waals surface area (Å²) in [6.45, 7) is 3.81. The topological polar surface area (TPSA) is 106 Å². The smallest absolute Gasteiger partial charge is 0.265 e.